The predicted octanol–water partition coefficient (Wildman–Crippen LogP) is 4.74. The first-order chi connectivity index (χ1) is 9.04. The quantitative estimate of drug-likeness (QED) is 0.648. The minimum Gasteiger partial charge on any atom is -0.326 e. The first-order valence-corrected chi connectivity index (χ1v) is 7.52. The fourth-order valence-corrected chi connectivity index (χ4v) is 3.48. The van der Waals surface area contributed by atoms with E-state index in [-0.39, 0.29) is 5.91 Å². The van der Waals surface area contributed by atoms with Gasteiger partial charge in [0.25, 0.3) is 0 Å². The minimum absolute atomic E-state index is 0.0501. The first kappa shape index (κ1) is 12.9. The number of carbonyl (C=O) groups excluding carboxylic acids is 1. The minimum atomic E-state index is -0.0501. The van der Waals surface area contributed by atoms with Gasteiger partial charge in [-0.3, -0.25) is 4.79 Å². The molecule has 0 atom stereocenters. The summed E-state index contributed by atoms with van der Waals surface area (Å²) in [5.74, 6) is -0.0501. The summed E-state index contributed by atoms with van der Waals surface area (Å²) in [6.07, 6.45) is 0.899. The van der Waals surface area contributed by atoms with Crippen molar-refractivity contribution in [2.75, 3.05) is 5.32 Å². The zero-order valence-corrected chi connectivity index (χ0v) is 13.4. The molecule has 1 aliphatic rings. The van der Waals surface area contributed by atoms with Gasteiger partial charge in [-0.25, -0.2) is 0 Å². The van der Waals surface area contributed by atoms with Crippen LogP contribution in [0.3, 0.4) is 0 Å². The average molecular weight is 381 g/mol. The molecule has 0 aromatic heterocycles. The molecule has 4 heteroatoms. The highest BCUT2D eigenvalue weighted by atomic mass is 79.9. The Labute approximate surface area is 128 Å². The van der Waals surface area contributed by atoms with Gasteiger partial charge in [-0.1, -0.05) is 37.9 Å². The number of anilines is 1. The summed E-state index contributed by atoms with van der Waals surface area (Å²) in [7, 11) is 0. The van der Waals surface area contributed by atoms with Gasteiger partial charge in [0.05, 0.1) is 0 Å². The lowest BCUT2D eigenvalue weighted by Gasteiger charge is -2.11. The van der Waals surface area contributed by atoms with E-state index in [1.54, 1.807) is 0 Å². The van der Waals surface area contributed by atoms with Crippen LogP contribution in [0.5, 0.6) is 0 Å². The molecule has 0 unspecified atom stereocenters. The summed E-state index contributed by atoms with van der Waals surface area (Å²) < 4.78 is 2.07. The summed E-state index contributed by atoms with van der Waals surface area (Å²) in [6, 6.07) is 10.4. The highest BCUT2D eigenvalue weighted by molar-refractivity contribution is 9.10. The summed E-state index contributed by atoms with van der Waals surface area (Å²) in [6.45, 7) is 1.53. The van der Waals surface area contributed by atoms with Crippen molar-refractivity contribution in [1.29, 1.82) is 0 Å². The molecule has 0 bridgehead atoms. The molecule has 0 saturated carbocycles. The molecule has 19 heavy (non-hydrogen) atoms. The number of fused-ring (bicyclic) bond motifs is 3. The smallest absolute Gasteiger partial charge is 0.221 e. The van der Waals surface area contributed by atoms with Crippen LogP contribution in [0.1, 0.15) is 18.1 Å². The number of hydrogen-bond acceptors (Lipinski definition) is 1. The van der Waals surface area contributed by atoms with Crippen LogP contribution in [-0.4, -0.2) is 5.91 Å². The molecule has 2 aromatic rings. The van der Waals surface area contributed by atoms with Crippen LogP contribution in [0, 0.1) is 0 Å². The Balaban J connectivity index is 2.21. The Morgan fingerprint density at radius 2 is 1.84 bits per heavy atom. The van der Waals surface area contributed by atoms with Gasteiger partial charge in [0, 0.05) is 27.1 Å². The zero-order chi connectivity index (χ0) is 13.6. The van der Waals surface area contributed by atoms with Gasteiger partial charge in [0.2, 0.25) is 5.91 Å². The maximum absolute atomic E-state index is 11.4. The summed E-state index contributed by atoms with van der Waals surface area (Å²) in [5.41, 5.74) is 5.74. The normalized spacial score (nSPS) is 11.9. The number of nitrogens with one attached hydrogen (secondary N) is 1. The SMILES string of the molecule is CC(=O)Nc1cc(Br)cc2c1-c1ccc(Br)cc1C2. The summed E-state index contributed by atoms with van der Waals surface area (Å²) >= 11 is 7.01. The van der Waals surface area contributed by atoms with Crippen molar-refractivity contribution in [3.63, 3.8) is 0 Å². The summed E-state index contributed by atoms with van der Waals surface area (Å²) in [5, 5.41) is 2.92. The van der Waals surface area contributed by atoms with E-state index in [2.05, 4.69) is 55.4 Å². The van der Waals surface area contributed by atoms with E-state index in [0.717, 1.165) is 26.6 Å². The van der Waals surface area contributed by atoms with Crippen molar-refractivity contribution >= 4 is 43.5 Å². The van der Waals surface area contributed by atoms with Crippen molar-refractivity contribution in [2.45, 2.75) is 13.3 Å². The standard InChI is InChI=1S/C15H11Br2NO/c1-8(19)18-14-7-12(17)6-10-4-9-5-11(16)2-3-13(9)15(10)14/h2-3,5-7H,4H2,1H3,(H,18,19). The highest BCUT2D eigenvalue weighted by Gasteiger charge is 2.22. The van der Waals surface area contributed by atoms with Crippen LogP contribution in [0.4, 0.5) is 5.69 Å². The van der Waals surface area contributed by atoms with E-state index in [9.17, 15) is 4.79 Å². The van der Waals surface area contributed by atoms with E-state index in [1.165, 1.54) is 23.6 Å². The molecule has 0 saturated heterocycles. The lowest BCUT2D eigenvalue weighted by molar-refractivity contribution is -0.114. The van der Waals surface area contributed by atoms with Crippen molar-refractivity contribution in [1.82, 2.24) is 0 Å². The van der Waals surface area contributed by atoms with Gasteiger partial charge in [-0.15, -0.1) is 0 Å². The van der Waals surface area contributed by atoms with Gasteiger partial charge < -0.3 is 5.32 Å². The molecule has 96 valence electrons. The second-order valence-electron chi connectivity index (χ2n) is 4.65. The largest absolute Gasteiger partial charge is 0.326 e. The molecular weight excluding hydrogens is 370 g/mol. The summed E-state index contributed by atoms with van der Waals surface area (Å²) in [4.78, 5) is 11.4. The van der Waals surface area contributed by atoms with Crippen molar-refractivity contribution < 1.29 is 4.79 Å². The number of halogens is 2. The Hall–Kier alpha value is -1.13. The van der Waals surface area contributed by atoms with E-state index in [4.69, 9.17) is 0 Å². The number of rotatable bonds is 1. The third kappa shape index (κ3) is 2.35. The number of hydrogen-bond donors (Lipinski definition) is 1. The van der Waals surface area contributed by atoms with E-state index < -0.39 is 0 Å². The molecule has 2 aromatic carbocycles. The van der Waals surface area contributed by atoms with Gasteiger partial charge in [-0.2, -0.15) is 0 Å². The second-order valence-corrected chi connectivity index (χ2v) is 6.48. The lowest BCUT2D eigenvalue weighted by Crippen LogP contribution is -2.07. The van der Waals surface area contributed by atoms with E-state index >= 15 is 0 Å². The Bertz CT molecular complexity index is 695. The van der Waals surface area contributed by atoms with Crippen molar-refractivity contribution in [2.24, 2.45) is 0 Å². The molecule has 1 N–H and O–H groups in total. The van der Waals surface area contributed by atoms with Gasteiger partial charge in [0.1, 0.15) is 0 Å². The second kappa shape index (κ2) is 4.76. The molecule has 2 nitrogen and oxygen atoms in total. The van der Waals surface area contributed by atoms with Gasteiger partial charge >= 0.3 is 0 Å². The van der Waals surface area contributed by atoms with Crippen LogP contribution in [-0.2, 0) is 11.2 Å². The monoisotopic (exact) mass is 379 g/mol. The first-order valence-electron chi connectivity index (χ1n) is 5.93. The fourth-order valence-electron chi connectivity index (χ4n) is 2.57. The maximum Gasteiger partial charge on any atom is 0.221 e. The van der Waals surface area contributed by atoms with Crippen LogP contribution in [0.15, 0.2) is 39.3 Å². The predicted molar refractivity (Wildman–Crippen MR) is 84.4 cm³/mol. The molecule has 0 fully saturated rings. The molecule has 0 aliphatic heterocycles. The van der Waals surface area contributed by atoms with Crippen molar-refractivity contribution in [3.8, 4) is 11.1 Å². The van der Waals surface area contributed by atoms with Crippen LogP contribution in [0.2, 0.25) is 0 Å². The topological polar surface area (TPSA) is 29.1 Å². The van der Waals surface area contributed by atoms with Crippen LogP contribution >= 0.6 is 31.9 Å². The number of carbonyl (C=O) groups is 1. The number of benzene rings is 2. The lowest BCUT2D eigenvalue weighted by atomic mass is 10.0. The van der Waals surface area contributed by atoms with Crippen molar-refractivity contribution in [3.05, 3.63) is 50.4 Å². The average Bonchev–Trinajstić information content (AvgIpc) is 2.64. The van der Waals surface area contributed by atoms with E-state index in [1.807, 2.05) is 12.1 Å². The molecule has 0 spiro atoms. The molecular formula is C15H11Br2NO. The Morgan fingerprint density at radius 1 is 1.11 bits per heavy atom. The third-order valence-electron chi connectivity index (χ3n) is 3.21. The van der Waals surface area contributed by atoms with E-state index in [0.29, 0.717) is 0 Å². The molecule has 1 aliphatic carbocycles. The zero-order valence-electron chi connectivity index (χ0n) is 10.3. The third-order valence-corrected chi connectivity index (χ3v) is 4.16. The van der Waals surface area contributed by atoms with Gasteiger partial charge in [0.15, 0.2) is 0 Å². The maximum atomic E-state index is 11.4. The Morgan fingerprint density at radius 3 is 2.58 bits per heavy atom. The molecule has 3 rings (SSSR count). The van der Waals surface area contributed by atoms with Gasteiger partial charge in [-0.05, 0) is 47.4 Å². The molecule has 1 amide bonds. The molecule has 0 radical (unpaired) electrons. The fraction of sp³-hybridized carbons (Fsp3) is 0.133. The molecule has 0 heterocycles. The van der Waals surface area contributed by atoms with Crippen LogP contribution in [0.25, 0.3) is 11.1 Å². The van der Waals surface area contributed by atoms with Crippen LogP contribution < -0.4 is 5.32 Å². The highest BCUT2D eigenvalue weighted by Crippen LogP contribution is 2.43. The number of amides is 1. The Kier molecular flexibility index (Phi) is 3.23.